The van der Waals surface area contributed by atoms with Crippen LogP contribution in [-0.2, 0) is 16.0 Å². The predicted octanol–water partition coefficient (Wildman–Crippen LogP) is 2.48. The maximum Gasteiger partial charge on any atom is 0.227 e. The van der Waals surface area contributed by atoms with Crippen LogP contribution < -0.4 is 5.32 Å². The average molecular weight is 332 g/mol. The molecule has 132 valence electrons. The zero-order valence-electron chi connectivity index (χ0n) is 14.8. The van der Waals surface area contributed by atoms with Crippen molar-refractivity contribution in [2.75, 3.05) is 13.1 Å². The van der Waals surface area contributed by atoms with Gasteiger partial charge in [0, 0.05) is 31.0 Å². The molecule has 0 saturated carbocycles. The van der Waals surface area contributed by atoms with Crippen LogP contribution in [0.25, 0.3) is 0 Å². The number of carbonyl (C=O) groups excluding carboxylic acids is 2. The second-order valence-corrected chi connectivity index (χ2v) is 7.51. The Kier molecular flexibility index (Phi) is 5.86. The molecule has 0 bridgehead atoms. The van der Waals surface area contributed by atoms with Gasteiger partial charge in [-0.1, -0.05) is 39.0 Å². The third-order valence-electron chi connectivity index (χ3n) is 4.40. The number of piperidine rings is 1. The van der Waals surface area contributed by atoms with Gasteiger partial charge in [-0.25, -0.2) is 0 Å². The Morgan fingerprint density at radius 2 is 1.83 bits per heavy atom. The zero-order chi connectivity index (χ0) is 17.7. The van der Waals surface area contributed by atoms with E-state index in [2.05, 4.69) is 5.32 Å². The van der Waals surface area contributed by atoms with Crippen LogP contribution in [0.3, 0.4) is 0 Å². The van der Waals surface area contributed by atoms with Gasteiger partial charge in [-0.15, -0.1) is 0 Å². The summed E-state index contributed by atoms with van der Waals surface area (Å²) >= 11 is 0. The summed E-state index contributed by atoms with van der Waals surface area (Å²) in [4.78, 5) is 26.2. The Hall–Kier alpha value is -2.04. The molecule has 0 spiro atoms. The SMILES string of the molecule is CC(C)(C)C(=O)N1CCC(NC(=O)CCc2ccccc2O)CC1. The minimum atomic E-state index is -0.353. The molecule has 0 radical (unpaired) electrons. The molecule has 0 aliphatic carbocycles. The molecule has 1 aliphatic rings. The number of phenols is 1. The largest absolute Gasteiger partial charge is 0.508 e. The van der Waals surface area contributed by atoms with Crippen molar-refractivity contribution < 1.29 is 14.7 Å². The molecule has 24 heavy (non-hydrogen) atoms. The van der Waals surface area contributed by atoms with E-state index in [0.29, 0.717) is 25.9 Å². The van der Waals surface area contributed by atoms with Crippen LogP contribution >= 0.6 is 0 Å². The molecule has 1 aliphatic heterocycles. The lowest BCUT2D eigenvalue weighted by molar-refractivity contribution is -0.140. The van der Waals surface area contributed by atoms with Crippen molar-refractivity contribution in [3.05, 3.63) is 29.8 Å². The number of phenolic OH excluding ortho intramolecular Hbond substituents is 1. The minimum Gasteiger partial charge on any atom is -0.508 e. The second kappa shape index (κ2) is 7.69. The fraction of sp³-hybridized carbons (Fsp3) is 0.579. The molecule has 2 amide bonds. The standard InChI is InChI=1S/C19H28N2O3/c1-19(2,3)18(24)21-12-10-15(11-13-21)20-17(23)9-8-14-6-4-5-7-16(14)22/h4-7,15,22H,8-13H2,1-3H3,(H,20,23). The average Bonchev–Trinajstić information content (AvgIpc) is 2.53. The molecular formula is C19H28N2O3. The van der Waals surface area contributed by atoms with Gasteiger partial charge in [0.05, 0.1) is 0 Å². The monoisotopic (exact) mass is 332 g/mol. The summed E-state index contributed by atoms with van der Waals surface area (Å²) in [6.45, 7) is 7.19. The van der Waals surface area contributed by atoms with Gasteiger partial charge in [0.15, 0.2) is 0 Å². The highest BCUT2D eigenvalue weighted by Gasteiger charge is 2.30. The number of nitrogens with one attached hydrogen (secondary N) is 1. The minimum absolute atomic E-state index is 0.00106. The van der Waals surface area contributed by atoms with Crippen LogP contribution in [-0.4, -0.2) is 41.0 Å². The van der Waals surface area contributed by atoms with Gasteiger partial charge in [-0.3, -0.25) is 9.59 Å². The summed E-state index contributed by atoms with van der Waals surface area (Å²) < 4.78 is 0. The predicted molar refractivity (Wildman–Crippen MR) is 93.6 cm³/mol. The molecule has 0 atom stereocenters. The maximum absolute atomic E-state index is 12.3. The van der Waals surface area contributed by atoms with Crippen molar-refractivity contribution in [2.45, 2.75) is 52.5 Å². The molecule has 1 aromatic rings. The van der Waals surface area contributed by atoms with Gasteiger partial charge in [0.25, 0.3) is 0 Å². The van der Waals surface area contributed by atoms with E-state index in [1.807, 2.05) is 37.8 Å². The van der Waals surface area contributed by atoms with Crippen molar-refractivity contribution >= 4 is 11.8 Å². The van der Waals surface area contributed by atoms with Crippen LogP contribution in [0.1, 0.15) is 45.6 Å². The van der Waals surface area contributed by atoms with Crippen LogP contribution in [0.15, 0.2) is 24.3 Å². The normalized spacial score (nSPS) is 16.0. The molecule has 2 N–H and O–H groups in total. The fourth-order valence-electron chi connectivity index (χ4n) is 2.97. The van der Waals surface area contributed by atoms with E-state index in [-0.39, 0.29) is 29.0 Å². The van der Waals surface area contributed by atoms with E-state index in [1.54, 1.807) is 12.1 Å². The molecule has 0 aromatic heterocycles. The highest BCUT2D eigenvalue weighted by atomic mass is 16.3. The third-order valence-corrected chi connectivity index (χ3v) is 4.40. The molecule has 1 fully saturated rings. The van der Waals surface area contributed by atoms with Gasteiger partial charge in [0.1, 0.15) is 5.75 Å². The number of hydrogen-bond acceptors (Lipinski definition) is 3. The van der Waals surface area contributed by atoms with E-state index in [1.165, 1.54) is 0 Å². The van der Waals surface area contributed by atoms with Crippen molar-refractivity contribution in [2.24, 2.45) is 5.41 Å². The summed E-state index contributed by atoms with van der Waals surface area (Å²) in [5, 5.41) is 12.8. The molecule has 0 unspecified atom stereocenters. The van der Waals surface area contributed by atoms with Gasteiger partial charge < -0.3 is 15.3 Å². The quantitative estimate of drug-likeness (QED) is 0.890. The Bertz CT molecular complexity index is 585. The molecule has 1 aromatic carbocycles. The summed E-state index contributed by atoms with van der Waals surface area (Å²) in [5.74, 6) is 0.407. The summed E-state index contributed by atoms with van der Waals surface area (Å²) in [5.41, 5.74) is 0.437. The van der Waals surface area contributed by atoms with Gasteiger partial charge in [0.2, 0.25) is 11.8 Å². The van der Waals surface area contributed by atoms with E-state index in [4.69, 9.17) is 0 Å². The number of aromatic hydroxyl groups is 1. The first kappa shape index (κ1) is 18.3. The van der Waals surface area contributed by atoms with Crippen molar-refractivity contribution in [1.29, 1.82) is 0 Å². The van der Waals surface area contributed by atoms with Crippen LogP contribution in [0.5, 0.6) is 5.75 Å². The van der Waals surface area contributed by atoms with E-state index in [0.717, 1.165) is 18.4 Å². The number of amides is 2. The number of carbonyl (C=O) groups is 2. The lowest BCUT2D eigenvalue weighted by Crippen LogP contribution is -2.49. The third kappa shape index (κ3) is 4.98. The number of hydrogen-bond donors (Lipinski definition) is 2. The van der Waals surface area contributed by atoms with Crippen molar-refractivity contribution in [1.82, 2.24) is 10.2 Å². The molecular weight excluding hydrogens is 304 g/mol. The highest BCUT2D eigenvalue weighted by molar-refractivity contribution is 5.81. The number of nitrogens with zero attached hydrogens (tertiary/aromatic N) is 1. The topological polar surface area (TPSA) is 69.6 Å². The first-order valence-electron chi connectivity index (χ1n) is 8.63. The number of rotatable bonds is 4. The summed E-state index contributed by atoms with van der Waals surface area (Å²) in [7, 11) is 0. The Balaban J connectivity index is 1.74. The number of likely N-dealkylation sites (tertiary alicyclic amines) is 1. The zero-order valence-corrected chi connectivity index (χ0v) is 14.8. The van der Waals surface area contributed by atoms with Crippen LogP contribution in [0, 0.1) is 5.41 Å². The first-order chi connectivity index (χ1) is 11.3. The van der Waals surface area contributed by atoms with Gasteiger partial charge >= 0.3 is 0 Å². The lowest BCUT2D eigenvalue weighted by Gasteiger charge is -2.36. The molecule has 5 nitrogen and oxygen atoms in total. The van der Waals surface area contributed by atoms with Crippen LogP contribution in [0.4, 0.5) is 0 Å². The van der Waals surface area contributed by atoms with Crippen molar-refractivity contribution in [3.8, 4) is 5.75 Å². The highest BCUT2D eigenvalue weighted by Crippen LogP contribution is 2.21. The second-order valence-electron chi connectivity index (χ2n) is 7.51. The molecule has 5 heteroatoms. The summed E-state index contributed by atoms with van der Waals surface area (Å²) in [6, 6.07) is 7.22. The fourth-order valence-corrected chi connectivity index (χ4v) is 2.97. The number of aryl methyl sites for hydroxylation is 1. The molecule has 1 saturated heterocycles. The van der Waals surface area contributed by atoms with Gasteiger partial charge in [-0.2, -0.15) is 0 Å². The lowest BCUT2D eigenvalue weighted by atomic mass is 9.93. The Labute approximate surface area is 144 Å². The Morgan fingerprint density at radius 3 is 2.42 bits per heavy atom. The van der Waals surface area contributed by atoms with E-state index >= 15 is 0 Å². The number of para-hydroxylation sites is 1. The smallest absolute Gasteiger partial charge is 0.227 e. The van der Waals surface area contributed by atoms with E-state index in [9.17, 15) is 14.7 Å². The summed E-state index contributed by atoms with van der Waals surface area (Å²) in [6.07, 6.45) is 2.48. The Morgan fingerprint density at radius 1 is 1.21 bits per heavy atom. The van der Waals surface area contributed by atoms with Gasteiger partial charge in [-0.05, 0) is 30.9 Å². The van der Waals surface area contributed by atoms with E-state index < -0.39 is 0 Å². The van der Waals surface area contributed by atoms with Crippen LogP contribution in [0.2, 0.25) is 0 Å². The first-order valence-corrected chi connectivity index (χ1v) is 8.63. The molecule has 1 heterocycles. The number of benzene rings is 1. The maximum atomic E-state index is 12.3. The molecule has 2 rings (SSSR count). The van der Waals surface area contributed by atoms with Crippen molar-refractivity contribution in [3.63, 3.8) is 0 Å².